The number of nitrogens with zero attached hydrogens (tertiary/aromatic N) is 3. The molecule has 250 valence electrons. The van der Waals surface area contributed by atoms with Crippen LogP contribution in [0.2, 0.25) is 0 Å². The van der Waals surface area contributed by atoms with Gasteiger partial charge in [-0.05, 0) is 104 Å². The Kier molecular flexibility index (Phi) is 7.16. The van der Waals surface area contributed by atoms with Gasteiger partial charge in [-0.1, -0.05) is 135 Å². The molecule has 0 radical (unpaired) electrons. The molecule has 0 unspecified atom stereocenters. The third kappa shape index (κ3) is 5.32. The highest BCUT2D eigenvalue weighted by atomic mass is 14.9. The lowest BCUT2D eigenvalue weighted by molar-refractivity contribution is 0.661. The monoisotopic (exact) mass is 677 g/mol. The number of aromatic nitrogens is 3. The summed E-state index contributed by atoms with van der Waals surface area (Å²) in [7, 11) is 0. The molecule has 53 heavy (non-hydrogen) atoms. The summed E-state index contributed by atoms with van der Waals surface area (Å²) in [4.78, 5) is 14.9. The van der Waals surface area contributed by atoms with Crippen molar-refractivity contribution in [3.05, 3.63) is 187 Å². The van der Waals surface area contributed by atoms with Crippen molar-refractivity contribution in [1.29, 1.82) is 0 Å². The second-order valence-electron chi connectivity index (χ2n) is 14.5. The van der Waals surface area contributed by atoms with Crippen molar-refractivity contribution < 1.29 is 0 Å². The summed E-state index contributed by atoms with van der Waals surface area (Å²) in [6.45, 7) is 4.71. The van der Waals surface area contributed by atoms with E-state index in [0.717, 1.165) is 50.1 Å². The van der Waals surface area contributed by atoms with Gasteiger partial charge >= 0.3 is 0 Å². The number of benzene rings is 7. The first-order chi connectivity index (χ1) is 26.0. The zero-order valence-corrected chi connectivity index (χ0v) is 29.6. The maximum atomic E-state index is 5.20. The normalized spacial score (nSPS) is 12.9. The standard InChI is InChI=1S/C50H35N3/c1-50(2)43-22-10-21-41(48(43)42-29-34-14-6-7-15-35(34)30-44(42)50)37-17-9-19-40(28-37)47-31-46(52-49(53-47)32-12-4-3-5-13-32)39-18-8-16-33(26-39)36-23-24-45-38(27-36)20-11-25-51-45/h3-31H,1-2H3. The van der Waals surface area contributed by atoms with Gasteiger partial charge in [0.2, 0.25) is 0 Å². The molecule has 0 fully saturated rings. The summed E-state index contributed by atoms with van der Waals surface area (Å²) in [5.74, 6) is 0.703. The van der Waals surface area contributed by atoms with Crippen molar-refractivity contribution in [3.8, 4) is 67.3 Å². The molecule has 3 nitrogen and oxygen atoms in total. The highest BCUT2D eigenvalue weighted by Gasteiger charge is 2.37. The van der Waals surface area contributed by atoms with Crippen LogP contribution in [0.1, 0.15) is 25.0 Å². The van der Waals surface area contributed by atoms with Crippen LogP contribution in [0.3, 0.4) is 0 Å². The Morgan fingerprint density at radius 3 is 1.81 bits per heavy atom. The van der Waals surface area contributed by atoms with Crippen molar-refractivity contribution >= 4 is 21.7 Å². The summed E-state index contributed by atoms with van der Waals surface area (Å²) >= 11 is 0. The lowest BCUT2D eigenvalue weighted by Gasteiger charge is -2.22. The molecule has 0 aliphatic heterocycles. The molecule has 2 heterocycles. The summed E-state index contributed by atoms with van der Waals surface area (Å²) in [6.07, 6.45) is 1.84. The van der Waals surface area contributed by atoms with Gasteiger partial charge in [-0.15, -0.1) is 0 Å². The van der Waals surface area contributed by atoms with E-state index < -0.39 is 0 Å². The predicted octanol–water partition coefficient (Wildman–Crippen LogP) is 12.8. The van der Waals surface area contributed by atoms with E-state index in [1.165, 1.54) is 44.2 Å². The molecule has 9 aromatic rings. The van der Waals surface area contributed by atoms with Crippen molar-refractivity contribution in [3.63, 3.8) is 0 Å². The van der Waals surface area contributed by atoms with Gasteiger partial charge < -0.3 is 0 Å². The van der Waals surface area contributed by atoms with E-state index in [4.69, 9.17) is 9.97 Å². The molecule has 1 aliphatic rings. The van der Waals surface area contributed by atoms with Crippen LogP contribution in [-0.2, 0) is 5.41 Å². The number of rotatable bonds is 5. The van der Waals surface area contributed by atoms with Crippen LogP contribution in [0.4, 0.5) is 0 Å². The lowest BCUT2D eigenvalue weighted by Crippen LogP contribution is -2.14. The largest absolute Gasteiger partial charge is 0.256 e. The second kappa shape index (κ2) is 12.2. The lowest BCUT2D eigenvalue weighted by atomic mass is 9.81. The van der Waals surface area contributed by atoms with E-state index in [1.54, 1.807) is 0 Å². The minimum atomic E-state index is -0.104. The van der Waals surface area contributed by atoms with E-state index in [2.05, 4.69) is 164 Å². The minimum absolute atomic E-state index is 0.104. The first-order valence-electron chi connectivity index (χ1n) is 18.2. The van der Waals surface area contributed by atoms with Crippen molar-refractivity contribution in [2.24, 2.45) is 0 Å². The van der Waals surface area contributed by atoms with E-state index in [0.29, 0.717) is 5.82 Å². The molecule has 0 saturated carbocycles. The molecule has 0 amide bonds. The Hall–Kier alpha value is -6.71. The van der Waals surface area contributed by atoms with E-state index in [9.17, 15) is 0 Å². The zero-order valence-electron chi connectivity index (χ0n) is 29.6. The Bertz CT molecular complexity index is 2870. The van der Waals surface area contributed by atoms with Crippen LogP contribution >= 0.6 is 0 Å². The SMILES string of the molecule is CC1(C)c2cc3ccccc3cc2-c2c(-c3cccc(-c4cc(-c5cccc(-c6ccc7ncccc7c6)c5)nc(-c5ccccc5)n4)c3)cccc21. The van der Waals surface area contributed by atoms with Gasteiger partial charge in [-0.2, -0.15) is 0 Å². The van der Waals surface area contributed by atoms with Gasteiger partial charge in [0, 0.05) is 33.7 Å². The fraction of sp³-hybridized carbons (Fsp3) is 0.0600. The van der Waals surface area contributed by atoms with Gasteiger partial charge in [0.05, 0.1) is 16.9 Å². The first-order valence-corrected chi connectivity index (χ1v) is 18.2. The Morgan fingerprint density at radius 2 is 1.02 bits per heavy atom. The van der Waals surface area contributed by atoms with E-state index >= 15 is 0 Å². The van der Waals surface area contributed by atoms with Crippen LogP contribution < -0.4 is 0 Å². The Balaban J connectivity index is 1.11. The summed E-state index contributed by atoms with van der Waals surface area (Å²) in [6, 6.07) is 60.7. The predicted molar refractivity (Wildman–Crippen MR) is 220 cm³/mol. The average Bonchev–Trinajstić information content (AvgIpc) is 3.45. The minimum Gasteiger partial charge on any atom is -0.256 e. The quantitative estimate of drug-likeness (QED) is 0.182. The highest BCUT2D eigenvalue weighted by molar-refractivity contribution is 5.99. The summed E-state index contributed by atoms with van der Waals surface area (Å²) in [5, 5.41) is 3.67. The molecule has 10 rings (SSSR count). The summed E-state index contributed by atoms with van der Waals surface area (Å²) in [5.41, 5.74) is 15.8. The van der Waals surface area contributed by atoms with Crippen LogP contribution in [0, 0.1) is 0 Å². The molecule has 0 atom stereocenters. The van der Waals surface area contributed by atoms with Gasteiger partial charge in [-0.25, -0.2) is 9.97 Å². The number of fused-ring (bicyclic) bond motifs is 5. The smallest absolute Gasteiger partial charge is 0.160 e. The average molecular weight is 678 g/mol. The first kappa shape index (κ1) is 31.1. The number of hydrogen-bond donors (Lipinski definition) is 0. The number of pyridine rings is 1. The van der Waals surface area contributed by atoms with Gasteiger partial charge in [0.1, 0.15) is 0 Å². The maximum Gasteiger partial charge on any atom is 0.160 e. The van der Waals surface area contributed by atoms with Crippen molar-refractivity contribution in [2.75, 3.05) is 0 Å². The second-order valence-corrected chi connectivity index (χ2v) is 14.5. The van der Waals surface area contributed by atoms with E-state index in [-0.39, 0.29) is 5.41 Å². The third-order valence-corrected chi connectivity index (χ3v) is 10.9. The van der Waals surface area contributed by atoms with Crippen LogP contribution in [0.15, 0.2) is 176 Å². The fourth-order valence-corrected chi connectivity index (χ4v) is 8.13. The number of hydrogen-bond acceptors (Lipinski definition) is 3. The van der Waals surface area contributed by atoms with Gasteiger partial charge in [0.25, 0.3) is 0 Å². The highest BCUT2D eigenvalue weighted by Crippen LogP contribution is 2.53. The molecular weight excluding hydrogens is 643 g/mol. The summed E-state index contributed by atoms with van der Waals surface area (Å²) < 4.78 is 0. The van der Waals surface area contributed by atoms with Gasteiger partial charge in [0.15, 0.2) is 5.82 Å². The molecule has 7 aromatic carbocycles. The van der Waals surface area contributed by atoms with Crippen molar-refractivity contribution in [2.45, 2.75) is 19.3 Å². The fourth-order valence-electron chi connectivity index (χ4n) is 8.13. The van der Waals surface area contributed by atoms with Crippen molar-refractivity contribution in [1.82, 2.24) is 15.0 Å². The van der Waals surface area contributed by atoms with Crippen LogP contribution in [0.5, 0.6) is 0 Å². The molecular formula is C50H35N3. The molecule has 0 bridgehead atoms. The Labute approximate surface area is 309 Å². The molecule has 0 spiro atoms. The molecule has 1 aliphatic carbocycles. The molecule has 0 saturated heterocycles. The maximum absolute atomic E-state index is 5.20. The molecule has 2 aromatic heterocycles. The van der Waals surface area contributed by atoms with Crippen LogP contribution in [0.25, 0.3) is 89.0 Å². The van der Waals surface area contributed by atoms with Crippen LogP contribution in [-0.4, -0.2) is 15.0 Å². The Morgan fingerprint density at radius 1 is 0.396 bits per heavy atom. The topological polar surface area (TPSA) is 38.7 Å². The van der Waals surface area contributed by atoms with E-state index in [1.807, 2.05) is 30.5 Å². The third-order valence-electron chi connectivity index (χ3n) is 10.9. The molecule has 3 heteroatoms. The zero-order chi connectivity index (χ0) is 35.5. The van der Waals surface area contributed by atoms with Gasteiger partial charge in [-0.3, -0.25) is 4.98 Å². The molecule has 0 N–H and O–H groups in total.